The fourth-order valence-electron chi connectivity index (χ4n) is 5.06. The van der Waals surface area contributed by atoms with Crippen LogP contribution in [0, 0.1) is 11.8 Å². The summed E-state index contributed by atoms with van der Waals surface area (Å²) in [5.41, 5.74) is 2.75. The SMILES string of the molecule is CCCCC1CCC(C(=O)Nc2ccc3c(c2)N(CCCc2ccccc2)C(=O)CO3)CC1. The van der Waals surface area contributed by atoms with Gasteiger partial charge in [0.1, 0.15) is 5.75 Å². The van der Waals surface area contributed by atoms with Crippen molar-refractivity contribution in [1.29, 1.82) is 0 Å². The van der Waals surface area contributed by atoms with E-state index >= 15 is 0 Å². The van der Waals surface area contributed by atoms with Gasteiger partial charge in [0.25, 0.3) is 5.91 Å². The normalized spacial score (nSPS) is 20.2. The van der Waals surface area contributed by atoms with E-state index in [0.717, 1.165) is 55.8 Å². The summed E-state index contributed by atoms with van der Waals surface area (Å²) in [7, 11) is 0. The first kappa shape index (κ1) is 23.3. The lowest BCUT2D eigenvalue weighted by molar-refractivity contribution is -0.121. The molecule has 0 atom stereocenters. The Morgan fingerprint density at radius 2 is 1.85 bits per heavy atom. The number of nitrogens with zero attached hydrogens (tertiary/aromatic N) is 1. The third-order valence-electron chi connectivity index (χ3n) is 7.04. The van der Waals surface area contributed by atoms with Crippen LogP contribution in [0.25, 0.3) is 0 Å². The van der Waals surface area contributed by atoms with Crippen molar-refractivity contribution < 1.29 is 14.3 Å². The third-order valence-corrected chi connectivity index (χ3v) is 7.04. The van der Waals surface area contributed by atoms with E-state index < -0.39 is 0 Å². The van der Waals surface area contributed by atoms with Gasteiger partial charge >= 0.3 is 0 Å². The molecule has 0 radical (unpaired) electrons. The van der Waals surface area contributed by atoms with Crippen molar-refractivity contribution in [1.82, 2.24) is 0 Å². The summed E-state index contributed by atoms with van der Waals surface area (Å²) < 4.78 is 5.65. The number of amides is 2. The molecule has 5 nitrogen and oxygen atoms in total. The minimum Gasteiger partial charge on any atom is -0.482 e. The second kappa shape index (κ2) is 11.4. The number of carbonyl (C=O) groups excluding carboxylic acids is 2. The molecule has 0 aromatic heterocycles. The summed E-state index contributed by atoms with van der Waals surface area (Å²) in [5.74, 6) is 1.62. The summed E-state index contributed by atoms with van der Waals surface area (Å²) in [6, 6.07) is 15.9. The van der Waals surface area contributed by atoms with Crippen molar-refractivity contribution in [3.05, 3.63) is 54.1 Å². The zero-order valence-corrected chi connectivity index (χ0v) is 19.7. The van der Waals surface area contributed by atoms with Gasteiger partial charge in [0, 0.05) is 18.2 Å². The van der Waals surface area contributed by atoms with Gasteiger partial charge in [-0.15, -0.1) is 0 Å². The highest BCUT2D eigenvalue weighted by atomic mass is 16.5. The van der Waals surface area contributed by atoms with E-state index in [1.54, 1.807) is 4.90 Å². The molecule has 176 valence electrons. The molecule has 33 heavy (non-hydrogen) atoms. The molecule has 5 heteroatoms. The van der Waals surface area contributed by atoms with Crippen LogP contribution < -0.4 is 15.0 Å². The Labute approximate surface area is 197 Å². The van der Waals surface area contributed by atoms with E-state index in [1.807, 2.05) is 36.4 Å². The largest absolute Gasteiger partial charge is 0.482 e. The lowest BCUT2D eigenvalue weighted by Gasteiger charge is -2.30. The molecular weight excluding hydrogens is 412 g/mol. The predicted octanol–water partition coefficient (Wildman–Crippen LogP) is 5.98. The molecule has 4 rings (SSSR count). The number of rotatable bonds is 9. The molecule has 1 aliphatic heterocycles. The molecule has 1 heterocycles. The zero-order chi connectivity index (χ0) is 23.0. The van der Waals surface area contributed by atoms with E-state index in [4.69, 9.17) is 4.74 Å². The maximum absolute atomic E-state index is 12.9. The van der Waals surface area contributed by atoms with Gasteiger partial charge in [0.2, 0.25) is 5.91 Å². The van der Waals surface area contributed by atoms with Gasteiger partial charge in [-0.2, -0.15) is 0 Å². The van der Waals surface area contributed by atoms with Crippen molar-refractivity contribution in [3.8, 4) is 5.75 Å². The Bertz CT molecular complexity index is 935. The van der Waals surface area contributed by atoms with Crippen molar-refractivity contribution in [2.75, 3.05) is 23.4 Å². The summed E-state index contributed by atoms with van der Waals surface area (Å²) in [4.78, 5) is 27.3. The topological polar surface area (TPSA) is 58.6 Å². The van der Waals surface area contributed by atoms with Crippen molar-refractivity contribution in [2.45, 2.75) is 64.7 Å². The fraction of sp³-hybridized carbons (Fsp3) is 0.500. The van der Waals surface area contributed by atoms with E-state index in [0.29, 0.717) is 12.3 Å². The van der Waals surface area contributed by atoms with Crippen LogP contribution in [0.2, 0.25) is 0 Å². The van der Waals surface area contributed by atoms with Gasteiger partial charge in [0.05, 0.1) is 5.69 Å². The molecular formula is C28H36N2O3. The summed E-state index contributed by atoms with van der Waals surface area (Å²) in [5, 5.41) is 3.10. The lowest BCUT2D eigenvalue weighted by Crippen LogP contribution is -2.39. The fourth-order valence-corrected chi connectivity index (χ4v) is 5.06. The maximum Gasteiger partial charge on any atom is 0.265 e. The molecule has 0 spiro atoms. The van der Waals surface area contributed by atoms with Crippen LogP contribution in [0.15, 0.2) is 48.5 Å². The molecule has 2 amide bonds. The van der Waals surface area contributed by atoms with Gasteiger partial charge in [-0.05, 0) is 68.2 Å². The highest BCUT2D eigenvalue weighted by Gasteiger charge is 2.28. The number of ether oxygens (including phenoxy) is 1. The van der Waals surface area contributed by atoms with Crippen molar-refractivity contribution >= 4 is 23.2 Å². The van der Waals surface area contributed by atoms with Crippen LogP contribution in [-0.4, -0.2) is 25.0 Å². The summed E-state index contributed by atoms with van der Waals surface area (Å²) in [6.07, 6.45) is 9.86. The van der Waals surface area contributed by atoms with Crippen LogP contribution in [0.3, 0.4) is 0 Å². The second-order valence-corrected chi connectivity index (χ2v) is 9.45. The number of aryl methyl sites for hydroxylation is 1. The summed E-state index contributed by atoms with van der Waals surface area (Å²) >= 11 is 0. The highest BCUT2D eigenvalue weighted by Crippen LogP contribution is 2.36. The van der Waals surface area contributed by atoms with Gasteiger partial charge in [-0.3, -0.25) is 9.59 Å². The molecule has 0 unspecified atom stereocenters. The van der Waals surface area contributed by atoms with Crippen LogP contribution in [0.4, 0.5) is 11.4 Å². The van der Waals surface area contributed by atoms with E-state index in [-0.39, 0.29) is 24.3 Å². The van der Waals surface area contributed by atoms with E-state index in [1.165, 1.54) is 24.8 Å². The monoisotopic (exact) mass is 448 g/mol. The summed E-state index contributed by atoms with van der Waals surface area (Å²) in [6.45, 7) is 2.93. The number of nitrogens with one attached hydrogen (secondary N) is 1. The first-order valence-corrected chi connectivity index (χ1v) is 12.6. The Morgan fingerprint density at radius 3 is 2.61 bits per heavy atom. The van der Waals surface area contributed by atoms with Crippen molar-refractivity contribution in [2.24, 2.45) is 11.8 Å². The maximum atomic E-state index is 12.9. The number of fused-ring (bicyclic) bond motifs is 1. The predicted molar refractivity (Wildman–Crippen MR) is 133 cm³/mol. The first-order valence-electron chi connectivity index (χ1n) is 12.6. The number of hydrogen-bond acceptors (Lipinski definition) is 3. The third kappa shape index (κ3) is 6.16. The Hall–Kier alpha value is -2.82. The number of hydrogen-bond donors (Lipinski definition) is 1. The van der Waals surface area contributed by atoms with E-state index in [2.05, 4.69) is 24.4 Å². The van der Waals surface area contributed by atoms with Crippen LogP contribution in [0.1, 0.15) is 63.9 Å². The molecule has 2 aromatic rings. The number of unbranched alkanes of at least 4 members (excludes halogenated alkanes) is 1. The van der Waals surface area contributed by atoms with Crippen molar-refractivity contribution in [3.63, 3.8) is 0 Å². The van der Waals surface area contributed by atoms with Gasteiger partial charge in [0.15, 0.2) is 6.61 Å². The molecule has 1 N–H and O–H groups in total. The standard InChI is InChI=1S/C28H36N2O3/c1-2-3-8-22-12-14-23(15-13-22)28(32)29-24-16-17-26-25(19-24)30(27(31)20-33-26)18-7-11-21-9-5-4-6-10-21/h4-6,9-10,16-17,19,22-23H,2-3,7-8,11-15,18,20H2,1H3,(H,29,32). The minimum absolute atomic E-state index is 0.0376. The average molecular weight is 449 g/mol. The number of anilines is 2. The first-order chi connectivity index (χ1) is 16.1. The Kier molecular flexibility index (Phi) is 8.03. The smallest absolute Gasteiger partial charge is 0.265 e. The minimum atomic E-state index is -0.0376. The lowest BCUT2D eigenvalue weighted by atomic mass is 9.79. The van der Waals surface area contributed by atoms with Gasteiger partial charge in [-0.25, -0.2) is 0 Å². The average Bonchev–Trinajstić information content (AvgIpc) is 2.85. The van der Waals surface area contributed by atoms with Gasteiger partial charge < -0.3 is 15.0 Å². The Balaban J connectivity index is 1.36. The second-order valence-electron chi connectivity index (χ2n) is 9.45. The molecule has 2 aliphatic rings. The van der Waals surface area contributed by atoms with Crippen LogP contribution in [-0.2, 0) is 16.0 Å². The highest BCUT2D eigenvalue weighted by molar-refractivity contribution is 5.99. The molecule has 2 aromatic carbocycles. The molecule has 1 saturated carbocycles. The van der Waals surface area contributed by atoms with E-state index in [9.17, 15) is 9.59 Å². The van der Waals surface area contributed by atoms with Gasteiger partial charge in [-0.1, -0.05) is 56.5 Å². The molecule has 1 aliphatic carbocycles. The molecule has 1 fully saturated rings. The van der Waals surface area contributed by atoms with Crippen LogP contribution >= 0.6 is 0 Å². The number of benzene rings is 2. The molecule has 0 bridgehead atoms. The van der Waals surface area contributed by atoms with Crippen LogP contribution in [0.5, 0.6) is 5.75 Å². The molecule has 0 saturated heterocycles. The number of carbonyl (C=O) groups is 2. The zero-order valence-electron chi connectivity index (χ0n) is 19.7. The quantitative estimate of drug-likeness (QED) is 0.513. The Morgan fingerprint density at radius 1 is 1.06 bits per heavy atom.